The van der Waals surface area contributed by atoms with E-state index in [-0.39, 0.29) is 6.61 Å². The Hall–Kier alpha value is -0.660. The summed E-state index contributed by atoms with van der Waals surface area (Å²) in [6.07, 6.45) is -6.59. The first-order chi connectivity index (χ1) is 14.6. The Labute approximate surface area is 183 Å². The number of aliphatic hydroxyl groups is 6. The van der Waals surface area contributed by atoms with Crippen LogP contribution in [0.15, 0.2) is 11.6 Å². The molecule has 0 radical (unpaired) electrons. The molecule has 0 spiro atoms. The fourth-order valence-corrected chi connectivity index (χ4v) is 3.57. The number of aliphatic hydroxyl groups excluding tert-OH is 6. The molecule has 6 N–H and O–H groups in total. The summed E-state index contributed by atoms with van der Waals surface area (Å²) in [5.41, 5.74) is 1.28. The predicted molar refractivity (Wildman–Crippen MR) is 109 cm³/mol. The van der Waals surface area contributed by atoms with Gasteiger partial charge < -0.3 is 49.6 Å². The molecule has 2 fully saturated rings. The number of hydrogen-bond acceptors (Lipinski definition) is 10. The van der Waals surface area contributed by atoms with Crippen LogP contribution in [-0.2, 0) is 18.9 Å². The van der Waals surface area contributed by atoms with E-state index in [2.05, 4.69) is 26.8 Å². The van der Waals surface area contributed by atoms with Crippen molar-refractivity contribution < 1.29 is 49.6 Å². The smallest absolute Gasteiger partial charge is 0.186 e. The van der Waals surface area contributed by atoms with Gasteiger partial charge in [-0.1, -0.05) is 18.6 Å². The van der Waals surface area contributed by atoms with Gasteiger partial charge in [-0.05, 0) is 39.0 Å². The highest BCUT2D eigenvalue weighted by Gasteiger charge is 2.47. The second kappa shape index (κ2) is 12.5. The minimum absolute atomic E-state index is 0.295. The van der Waals surface area contributed by atoms with Crippen molar-refractivity contribution in [3.8, 4) is 0 Å². The third-order valence-electron chi connectivity index (χ3n) is 5.70. The molecule has 0 aromatic heterocycles. The second-order valence-electron chi connectivity index (χ2n) is 8.68. The molecule has 0 aliphatic carbocycles. The van der Waals surface area contributed by atoms with Gasteiger partial charge in [-0.15, -0.1) is 0 Å². The lowest BCUT2D eigenvalue weighted by Gasteiger charge is -2.40. The molecule has 2 heterocycles. The summed E-state index contributed by atoms with van der Waals surface area (Å²) < 4.78 is 21.8. The van der Waals surface area contributed by atoms with E-state index in [4.69, 9.17) is 24.1 Å². The Bertz CT molecular complexity index is 554. The van der Waals surface area contributed by atoms with Gasteiger partial charge in [0.05, 0.1) is 19.8 Å². The molecule has 0 bridgehead atoms. The first kappa shape index (κ1) is 26.6. The van der Waals surface area contributed by atoms with Crippen molar-refractivity contribution in [3.05, 3.63) is 11.6 Å². The summed E-state index contributed by atoms with van der Waals surface area (Å²) in [5.74, 6) is 0.401. The summed E-state index contributed by atoms with van der Waals surface area (Å²) in [5, 5.41) is 59.4. The zero-order chi connectivity index (χ0) is 23.1. The Morgan fingerprint density at radius 3 is 2.03 bits per heavy atom. The molecule has 0 aromatic carbocycles. The van der Waals surface area contributed by atoms with E-state index in [1.165, 1.54) is 5.57 Å². The van der Waals surface area contributed by atoms with E-state index >= 15 is 0 Å². The van der Waals surface area contributed by atoms with E-state index in [9.17, 15) is 25.5 Å². The molecule has 0 aromatic rings. The van der Waals surface area contributed by atoms with Crippen LogP contribution in [0.1, 0.15) is 40.0 Å². The molecular weight excluding hydrogens is 412 g/mol. The number of ether oxygens (including phenoxy) is 4. The maximum atomic E-state index is 10.2. The summed E-state index contributed by atoms with van der Waals surface area (Å²) in [4.78, 5) is 0. The van der Waals surface area contributed by atoms with Gasteiger partial charge in [-0.25, -0.2) is 0 Å². The zero-order valence-corrected chi connectivity index (χ0v) is 18.4. The highest BCUT2D eigenvalue weighted by molar-refractivity contribution is 4.93. The summed E-state index contributed by atoms with van der Waals surface area (Å²) >= 11 is 0. The number of allylic oxidation sites excluding steroid dienone is 2. The van der Waals surface area contributed by atoms with Crippen molar-refractivity contribution in [2.45, 2.75) is 95.3 Å². The van der Waals surface area contributed by atoms with Gasteiger partial charge in [-0.3, -0.25) is 0 Å². The highest BCUT2D eigenvalue weighted by Crippen LogP contribution is 2.26. The van der Waals surface area contributed by atoms with Crippen molar-refractivity contribution in [1.82, 2.24) is 0 Å². The topological polar surface area (TPSA) is 158 Å². The van der Waals surface area contributed by atoms with Crippen molar-refractivity contribution in [2.24, 2.45) is 5.92 Å². The van der Waals surface area contributed by atoms with E-state index in [1.54, 1.807) is 0 Å². The normalized spacial score (nSPS) is 39.5. The van der Waals surface area contributed by atoms with Crippen molar-refractivity contribution in [3.63, 3.8) is 0 Å². The number of hydrogen-bond donors (Lipinski definition) is 6. The summed E-state index contributed by atoms with van der Waals surface area (Å²) in [6, 6.07) is 0. The molecule has 2 aliphatic heterocycles. The molecule has 31 heavy (non-hydrogen) atoms. The van der Waals surface area contributed by atoms with Crippen LogP contribution < -0.4 is 0 Å². The molecule has 2 rings (SSSR count). The van der Waals surface area contributed by atoms with Crippen LogP contribution in [0.25, 0.3) is 0 Å². The van der Waals surface area contributed by atoms with Gasteiger partial charge in [0.25, 0.3) is 0 Å². The van der Waals surface area contributed by atoms with Crippen LogP contribution >= 0.6 is 0 Å². The van der Waals surface area contributed by atoms with E-state index in [0.717, 1.165) is 19.3 Å². The molecule has 10 nitrogen and oxygen atoms in total. The Balaban J connectivity index is 1.81. The maximum absolute atomic E-state index is 10.2. The lowest BCUT2D eigenvalue weighted by molar-refractivity contribution is -0.310. The van der Waals surface area contributed by atoms with E-state index < -0.39 is 61.9 Å². The molecule has 0 amide bonds. The van der Waals surface area contributed by atoms with Gasteiger partial charge in [0.15, 0.2) is 12.6 Å². The summed E-state index contributed by atoms with van der Waals surface area (Å²) in [6.45, 7) is 5.74. The van der Waals surface area contributed by atoms with Crippen molar-refractivity contribution in [2.75, 3.05) is 19.8 Å². The minimum atomic E-state index is -1.51. The SMILES string of the molecule is CC(C)=CCC[C@H](C)CCO[C@@H]1O[C@H](CO[C@@H]2O[C@@H](CO)[C@H](O)[C@H]2O)[C@@H](O)[C@H](O)[C@H]1O. The van der Waals surface area contributed by atoms with Gasteiger partial charge >= 0.3 is 0 Å². The standard InChI is InChI=1S/C21H38O10/c1-11(2)5-4-6-12(3)7-8-28-20-19(27)17(25)16(24)14(31-20)10-29-21-18(26)15(23)13(9-22)30-21/h5,12-27H,4,6-10H2,1-3H3/t12-,13-,14+,15-,16+,17-,18+,19+,20+,21+/m0/s1. The van der Waals surface area contributed by atoms with E-state index in [1.807, 2.05) is 0 Å². The Morgan fingerprint density at radius 2 is 1.42 bits per heavy atom. The fourth-order valence-electron chi connectivity index (χ4n) is 3.57. The van der Waals surface area contributed by atoms with Gasteiger partial charge in [0.2, 0.25) is 0 Å². The average Bonchev–Trinajstić information content (AvgIpc) is 3.00. The molecular formula is C21H38O10. The lowest BCUT2D eigenvalue weighted by atomic mass is 9.99. The Morgan fingerprint density at radius 1 is 0.839 bits per heavy atom. The quantitative estimate of drug-likeness (QED) is 0.217. The molecule has 2 saturated heterocycles. The third kappa shape index (κ3) is 7.43. The van der Waals surface area contributed by atoms with Gasteiger partial charge in [0.1, 0.15) is 42.7 Å². The molecule has 0 saturated carbocycles. The van der Waals surface area contributed by atoms with Gasteiger partial charge in [0, 0.05) is 0 Å². The molecule has 10 atom stereocenters. The maximum Gasteiger partial charge on any atom is 0.186 e. The monoisotopic (exact) mass is 450 g/mol. The van der Waals surface area contributed by atoms with Crippen LogP contribution in [0.3, 0.4) is 0 Å². The first-order valence-corrected chi connectivity index (χ1v) is 10.8. The van der Waals surface area contributed by atoms with Crippen LogP contribution in [-0.4, -0.2) is 106 Å². The van der Waals surface area contributed by atoms with Crippen LogP contribution in [0.4, 0.5) is 0 Å². The fraction of sp³-hybridized carbons (Fsp3) is 0.905. The second-order valence-corrected chi connectivity index (χ2v) is 8.68. The lowest BCUT2D eigenvalue weighted by Crippen LogP contribution is -2.59. The van der Waals surface area contributed by atoms with Crippen LogP contribution in [0.5, 0.6) is 0 Å². The molecule has 0 unspecified atom stereocenters. The Kier molecular flexibility index (Phi) is 10.8. The predicted octanol–water partition coefficient (Wildman–Crippen LogP) is -0.961. The van der Waals surface area contributed by atoms with E-state index in [0.29, 0.717) is 12.5 Å². The summed E-state index contributed by atoms with van der Waals surface area (Å²) in [7, 11) is 0. The largest absolute Gasteiger partial charge is 0.394 e. The molecule has 10 heteroatoms. The molecule has 2 aliphatic rings. The zero-order valence-electron chi connectivity index (χ0n) is 18.4. The van der Waals surface area contributed by atoms with Crippen molar-refractivity contribution in [1.29, 1.82) is 0 Å². The van der Waals surface area contributed by atoms with Crippen molar-refractivity contribution >= 4 is 0 Å². The van der Waals surface area contributed by atoms with Crippen LogP contribution in [0, 0.1) is 5.92 Å². The van der Waals surface area contributed by atoms with Gasteiger partial charge in [-0.2, -0.15) is 0 Å². The number of rotatable bonds is 11. The highest BCUT2D eigenvalue weighted by atomic mass is 16.7. The average molecular weight is 451 g/mol. The first-order valence-electron chi connectivity index (χ1n) is 10.8. The molecule has 182 valence electrons. The third-order valence-corrected chi connectivity index (χ3v) is 5.70. The minimum Gasteiger partial charge on any atom is -0.394 e. The van der Waals surface area contributed by atoms with Crippen LogP contribution in [0.2, 0.25) is 0 Å².